The molecule has 1 N–H and O–H groups in total. The number of ether oxygens (including phenoxy) is 2. The Morgan fingerprint density at radius 1 is 1.12 bits per heavy atom. The van der Waals surface area contributed by atoms with Gasteiger partial charge in [-0.1, -0.05) is 56.2 Å². The second-order valence-corrected chi connectivity index (χ2v) is 6.44. The first-order valence-corrected chi connectivity index (χ1v) is 9.56. The minimum absolute atomic E-state index is 0.0916. The van der Waals surface area contributed by atoms with Crippen LogP contribution in [-0.4, -0.2) is 36.5 Å². The molecule has 1 aliphatic rings. The number of methoxy groups -OCH3 is 1. The molecule has 0 aromatic rings. The molecule has 4 nitrogen and oxygen atoms in total. The maximum atomic E-state index is 11.0. The Labute approximate surface area is 152 Å². The summed E-state index contributed by atoms with van der Waals surface area (Å²) in [7, 11) is 1.39. The van der Waals surface area contributed by atoms with Crippen molar-refractivity contribution in [3.05, 3.63) is 36.5 Å². The van der Waals surface area contributed by atoms with Gasteiger partial charge in [0.15, 0.2) is 0 Å². The highest BCUT2D eigenvalue weighted by atomic mass is 16.6. The monoisotopic (exact) mass is 350 g/mol. The van der Waals surface area contributed by atoms with Gasteiger partial charge in [-0.25, -0.2) is 0 Å². The predicted octanol–water partition coefficient (Wildman–Crippen LogP) is 4.49. The van der Waals surface area contributed by atoms with Gasteiger partial charge in [-0.3, -0.25) is 4.79 Å². The van der Waals surface area contributed by atoms with Crippen molar-refractivity contribution in [1.29, 1.82) is 0 Å². The molecule has 0 radical (unpaired) electrons. The number of carbonyl (C=O) groups is 1. The number of rotatable bonds is 14. The SMILES string of the molecule is CCCCC/C=C\C/C=C\C[C@H]1O[C@@H]1[C@@H](O)/C=C\CCCC(=O)OC. The molecule has 0 aromatic heterocycles. The van der Waals surface area contributed by atoms with Gasteiger partial charge in [-0.2, -0.15) is 0 Å². The van der Waals surface area contributed by atoms with Gasteiger partial charge in [0.25, 0.3) is 0 Å². The van der Waals surface area contributed by atoms with Crippen LogP contribution in [0.2, 0.25) is 0 Å². The number of aliphatic hydroxyl groups is 1. The zero-order chi connectivity index (χ0) is 18.3. The lowest BCUT2D eigenvalue weighted by Crippen LogP contribution is -2.13. The molecule has 0 amide bonds. The number of hydrogen-bond acceptors (Lipinski definition) is 4. The van der Waals surface area contributed by atoms with Crippen molar-refractivity contribution >= 4 is 5.97 Å². The minimum Gasteiger partial charge on any atom is -0.469 e. The molecule has 0 aromatic carbocycles. The molecule has 1 saturated heterocycles. The van der Waals surface area contributed by atoms with Crippen LogP contribution in [0.5, 0.6) is 0 Å². The van der Waals surface area contributed by atoms with Gasteiger partial charge in [0, 0.05) is 6.42 Å². The van der Waals surface area contributed by atoms with Crippen LogP contribution in [0.1, 0.15) is 64.7 Å². The molecule has 0 bridgehead atoms. The minimum atomic E-state index is -0.560. The summed E-state index contributed by atoms with van der Waals surface area (Å²) in [5, 5.41) is 10.0. The van der Waals surface area contributed by atoms with Crippen LogP contribution in [-0.2, 0) is 14.3 Å². The Morgan fingerprint density at radius 3 is 2.64 bits per heavy atom. The lowest BCUT2D eigenvalue weighted by molar-refractivity contribution is -0.140. The third-order valence-corrected chi connectivity index (χ3v) is 4.22. The van der Waals surface area contributed by atoms with Gasteiger partial charge in [0.2, 0.25) is 0 Å². The Bertz CT molecular complexity index is 439. The Kier molecular flexibility index (Phi) is 12.0. The average Bonchev–Trinajstić information content (AvgIpc) is 3.39. The first-order chi connectivity index (χ1) is 12.2. The van der Waals surface area contributed by atoms with Crippen LogP contribution in [0.4, 0.5) is 0 Å². The normalized spacial score (nSPS) is 21.4. The van der Waals surface area contributed by atoms with Gasteiger partial charge < -0.3 is 14.6 Å². The summed E-state index contributed by atoms with van der Waals surface area (Å²) in [4.78, 5) is 11.0. The van der Waals surface area contributed by atoms with E-state index in [9.17, 15) is 9.90 Å². The van der Waals surface area contributed by atoms with Crippen molar-refractivity contribution in [2.24, 2.45) is 0 Å². The first-order valence-electron chi connectivity index (χ1n) is 9.56. The van der Waals surface area contributed by atoms with E-state index in [0.29, 0.717) is 6.42 Å². The highest BCUT2D eigenvalue weighted by molar-refractivity contribution is 5.69. The third kappa shape index (κ3) is 11.0. The van der Waals surface area contributed by atoms with Gasteiger partial charge in [-0.15, -0.1) is 0 Å². The van der Waals surface area contributed by atoms with E-state index in [2.05, 4.69) is 36.0 Å². The van der Waals surface area contributed by atoms with E-state index in [1.54, 1.807) is 6.08 Å². The van der Waals surface area contributed by atoms with Gasteiger partial charge in [0.05, 0.1) is 13.2 Å². The fourth-order valence-corrected chi connectivity index (χ4v) is 2.59. The van der Waals surface area contributed by atoms with E-state index >= 15 is 0 Å². The number of esters is 1. The number of epoxide rings is 1. The third-order valence-electron chi connectivity index (χ3n) is 4.22. The summed E-state index contributed by atoms with van der Waals surface area (Å²) in [6, 6.07) is 0. The summed E-state index contributed by atoms with van der Waals surface area (Å²) in [5.41, 5.74) is 0. The molecule has 1 rings (SSSR count). The molecule has 0 aliphatic carbocycles. The standard InChI is InChI=1S/C21H34O4/c1-3-4-5-6-7-8-9-10-13-16-19-21(25-19)18(22)15-12-11-14-17-20(23)24-2/h7-8,10,12-13,15,18-19,21-22H,3-6,9,11,14,16-17H2,1-2H3/b8-7-,13-10-,15-12-/t18-,19+,21+/m0/s1. The molecule has 1 fully saturated rings. The largest absolute Gasteiger partial charge is 0.469 e. The fourth-order valence-electron chi connectivity index (χ4n) is 2.59. The van der Waals surface area contributed by atoms with Crippen LogP contribution in [0.3, 0.4) is 0 Å². The van der Waals surface area contributed by atoms with Crippen molar-refractivity contribution < 1.29 is 19.4 Å². The highest BCUT2D eigenvalue weighted by Gasteiger charge is 2.42. The molecule has 0 saturated carbocycles. The van der Waals surface area contributed by atoms with E-state index < -0.39 is 6.10 Å². The Morgan fingerprint density at radius 2 is 1.88 bits per heavy atom. The number of carbonyl (C=O) groups excluding carboxylic acids is 1. The van der Waals surface area contributed by atoms with Crippen LogP contribution in [0, 0.1) is 0 Å². The number of hydrogen-bond donors (Lipinski definition) is 1. The van der Waals surface area contributed by atoms with E-state index in [0.717, 1.165) is 25.7 Å². The van der Waals surface area contributed by atoms with E-state index in [1.165, 1.54) is 32.8 Å². The summed E-state index contributed by atoms with van der Waals surface area (Å²) in [6.07, 6.45) is 20.7. The molecule has 3 atom stereocenters. The second-order valence-electron chi connectivity index (χ2n) is 6.44. The molecular formula is C21H34O4. The number of unbranched alkanes of at least 4 members (excludes halogenated alkanes) is 4. The van der Waals surface area contributed by atoms with E-state index in [-0.39, 0.29) is 18.2 Å². The molecule has 142 valence electrons. The van der Waals surface area contributed by atoms with E-state index in [1.807, 2.05) is 6.08 Å². The zero-order valence-corrected chi connectivity index (χ0v) is 15.7. The zero-order valence-electron chi connectivity index (χ0n) is 15.7. The molecule has 0 unspecified atom stereocenters. The maximum absolute atomic E-state index is 11.0. The molecule has 1 heterocycles. The first kappa shape index (κ1) is 21.7. The lowest BCUT2D eigenvalue weighted by atomic mass is 10.1. The van der Waals surface area contributed by atoms with E-state index in [4.69, 9.17) is 4.74 Å². The van der Waals surface area contributed by atoms with Crippen molar-refractivity contribution in [1.82, 2.24) is 0 Å². The quantitative estimate of drug-likeness (QED) is 0.217. The van der Waals surface area contributed by atoms with Crippen LogP contribution in [0.25, 0.3) is 0 Å². The summed E-state index contributed by atoms with van der Waals surface area (Å²) < 4.78 is 10.1. The smallest absolute Gasteiger partial charge is 0.305 e. The van der Waals surface area contributed by atoms with Gasteiger partial charge >= 0.3 is 5.97 Å². The fraction of sp³-hybridized carbons (Fsp3) is 0.667. The lowest BCUT2D eigenvalue weighted by Gasteiger charge is -2.00. The van der Waals surface area contributed by atoms with Crippen LogP contribution < -0.4 is 0 Å². The van der Waals surface area contributed by atoms with Gasteiger partial charge in [-0.05, 0) is 38.5 Å². The van der Waals surface area contributed by atoms with Gasteiger partial charge in [0.1, 0.15) is 12.2 Å². The average molecular weight is 350 g/mol. The van der Waals surface area contributed by atoms with Crippen molar-refractivity contribution in [3.63, 3.8) is 0 Å². The topological polar surface area (TPSA) is 59.1 Å². The van der Waals surface area contributed by atoms with Crippen LogP contribution >= 0.6 is 0 Å². The molecule has 1 aliphatic heterocycles. The second kappa shape index (κ2) is 13.9. The maximum Gasteiger partial charge on any atom is 0.305 e. The summed E-state index contributed by atoms with van der Waals surface area (Å²) in [5.74, 6) is -0.192. The van der Waals surface area contributed by atoms with Crippen LogP contribution in [0.15, 0.2) is 36.5 Å². The molecule has 0 spiro atoms. The molecule has 4 heteroatoms. The Balaban J connectivity index is 2.04. The molecule has 25 heavy (non-hydrogen) atoms. The van der Waals surface area contributed by atoms with Crippen molar-refractivity contribution in [2.45, 2.75) is 83.0 Å². The predicted molar refractivity (Wildman–Crippen MR) is 101 cm³/mol. The Hall–Kier alpha value is -1.39. The summed E-state index contributed by atoms with van der Waals surface area (Å²) >= 11 is 0. The summed E-state index contributed by atoms with van der Waals surface area (Å²) in [6.45, 7) is 2.22. The van der Waals surface area contributed by atoms with Crippen molar-refractivity contribution in [2.75, 3.05) is 7.11 Å². The number of aliphatic hydroxyl groups excluding tert-OH is 1. The number of allylic oxidation sites excluding steroid dienone is 4. The molecular weight excluding hydrogens is 316 g/mol. The van der Waals surface area contributed by atoms with Crippen molar-refractivity contribution in [3.8, 4) is 0 Å². The highest BCUT2D eigenvalue weighted by Crippen LogP contribution is 2.29.